The SMILES string of the molecule is COc1nc2c(c(N3CCCn4nc(C(=O)N5CC(C(C)(C)O)C5)c(Cl)c4C3)n1)COC(c1c(C(F)(F)F)ccc(N)c1F)C2. The fourth-order valence-corrected chi connectivity index (χ4v) is 6.26. The number of aryl methyl sites for hydroxylation is 1. The Morgan fingerprint density at radius 3 is 2.60 bits per heavy atom. The first-order valence-electron chi connectivity index (χ1n) is 14.4. The summed E-state index contributed by atoms with van der Waals surface area (Å²) in [5.74, 6) is -1.13. The lowest BCUT2D eigenvalue weighted by molar-refractivity contribution is -0.140. The number of hydrogen-bond donors (Lipinski definition) is 2. The van der Waals surface area contributed by atoms with Gasteiger partial charge in [-0.05, 0) is 32.4 Å². The molecule has 1 fully saturated rings. The minimum Gasteiger partial charge on any atom is -0.467 e. The summed E-state index contributed by atoms with van der Waals surface area (Å²) in [7, 11) is 1.37. The third kappa shape index (κ3) is 5.65. The van der Waals surface area contributed by atoms with Gasteiger partial charge in [0.15, 0.2) is 11.5 Å². The van der Waals surface area contributed by atoms with Gasteiger partial charge in [-0.15, -0.1) is 0 Å². The minimum absolute atomic E-state index is 0.0210. The Balaban J connectivity index is 1.30. The second kappa shape index (κ2) is 11.3. The molecule has 0 aliphatic carbocycles. The summed E-state index contributed by atoms with van der Waals surface area (Å²) < 4.78 is 69.5. The number of methoxy groups -OCH3 is 1. The van der Waals surface area contributed by atoms with E-state index in [0.717, 1.165) is 12.1 Å². The van der Waals surface area contributed by atoms with Crippen molar-refractivity contribution < 1.29 is 36.9 Å². The molecule has 1 amide bonds. The van der Waals surface area contributed by atoms with Crippen molar-refractivity contribution in [2.45, 2.75) is 64.3 Å². The third-order valence-corrected chi connectivity index (χ3v) is 9.08. The summed E-state index contributed by atoms with van der Waals surface area (Å²) in [6.45, 7) is 5.20. The number of fused-ring (bicyclic) bond motifs is 2. The number of halogens is 5. The highest BCUT2D eigenvalue weighted by Crippen LogP contribution is 2.43. The number of hydrogen-bond acceptors (Lipinski definition) is 9. The van der Waals surface area contributed by atoms with E-state index in [-0.39, 0.29) is 48.1 Å². The largest absolute Gasteiger partial charge is 0.467 e. The highest BCUT2D eigenvalue weighted by molar-refractivity contribution is 6.34. The average Bonchev–Trinajstić information content (AvgIpc) is 3.10. The third-order valence-electron chi connectivity index (χ3n) is 8.68. The Hall–Kier alpha value is -3.69. The van der Waals surface area contributed by atoms with E-state index in [0.29, 0.717) is 55.4 Å². The molecule has 3 aliphatic rings. The summed E-state index contributed by atoms with van der Waals surface area (Å²) in [5.41, 5.74) is 4.05. The molecule has 5 heterocycles. The molecule has 242 valence electrons. The van der Waals surface area contributed by atoms with E-state index in [1.807, 2.05) is 4.90 Å². The zero-order valence-corrected chi connectivity index (χ0v) is 25.5. The quantitative estimate of drug-likeness (QED) is 0.308. The standard InChI is InChI=1S/C29H32ClF4N7O4/c1-28(2,43)14-10-40(11-14)26(42)24-22(30)19-12-39(7-4-8-41(19)38-24)25-15-13-45-20(9-18(15)36-27(37-25)44-3)21-16(29(32,33)34)5-6-17(35)23(21)31/h5-6,14,20,43H,4,7-13,35H2,1-3H3. The number of carbonyl (C=O) groups is 1. The number of benzene rings is 1. The number of likely N-dealkylation sites (tertiary alicyclic amines) is 1. The summed E-state index contributed by atoms with van der Waals surface area (Å²) >= 11 is 6.76. The van der Waals surface area contributed by atoms with Gasteiger partial charge in [0.05, 0.1) is 59.6 Å². The van der Waals surface area contributed by atoms with Crippen LogP contribution in [-0.4, -0.2) is 68.0 Å². The molecule has 1 saturated heterocycles. The maximum Gasteiger partial charge on any atom is 0.416 e. The van der Waals surface area contributed by atoms with Crippen molar-refractivity contribution >= 4 is 29.0 Å². The van der Waals surface area contributed by atoms with Gasteiger partial charge in [0.1, 0.15) is 5.82 Å². The summed E-state index contributed by atoms with van der Waals surface area (Å²) in [4.78, 5) is 25.7. The van der Waals surface area contributed by atoms with E-state index < -0.39 is 40.5 Å². The molecule has 3 aliphatic heterocycles. The molecule has 1 unspecified atom stereocenters. The molecular formula is C29H32ClF4N7O4. The van der Waals surface area contributed by atoms with Crippen molar-refractivity contribution in [1.29, 1.82) is 0 Å². The highest BCUT2D eigenvalue weighted by atomic mass is 35.5. The summed E-state index contributed by atoms with van der Waals surface area (Å²) in [5, 5.41) is 15.0. The molecule has 3 N–H and O–H groups in total. The molecule has 45 heavy (non-hydrogen) atoms. The van der Waals surface area contributed by atoms with Gasteiger partial charge in [0, 0.05) is 49.6 Å². The van der Waals surface area contributed by atoms with Gasteiger partial charge < -0.3 is 30.1 Å². The van der Waals surface area contributed by atoms with E-state index in [1.165, 1.54) is 7.11 Å². The van der Waals surface area contributed by atoms with E-state index in [9.17, 15) is 23.1 Å². The lowest BCUT2D eigenvalue weighted by atomic mass is 9.84. The topological polar surface area (TPSA) is 132 Å². The number of nitrogen functional groups attached to an aromatic ring is 1. The number of amides is 1. The minimum atomic E-state index is -4.83. The lowest BCUT2D eigenvalue weighted by Gasteiger charge is -2.44. The van der Waals surface area contributed by atoms with Crippen molar-refractivity contribution in [1.82, 2.24) is 24.6 Å². The fraction of sp³-hybridized carbons (Fsp3) is 0.517. The molecule has 0 radical (unpaired) electrons. The van der Waals surface area contributed by atoms with Crippen molar-refractivity contribution in [3.63, 3.8) is 0 Å². The molecule has 0 saturated carbocycles. The number of anilines is 2. The number of alkyl halides is 3. The van der Waals surface area contributed by atoms with Crippen LogP contribution in [0.1, 0.15) is 64.9 Å². The average molecular weight is 654 g/mol. The van der Waals surface area contributed by atoms with Crippen LogP contribution in [0, 0.1) is 11.7 Å². The Kier molecular flexibility index (Phi) is 7.85. The summed E-state index contributed by atoms with van der Waals surface area (Å²) in [6.07, 6.45) is -5.71. The molecule has 16 heteroatoms. The van der Waals surface area contributed by atoms with E-state index in [1.54, 1.807) is 23.4 Å². The van der Waals surface area contributed by atoms with Crippen molar-refractivity contribution in [3.8, 4) is 6.01 Å². The van der Waals surface area contributed by atoms with Crippen LogP contribution in [0.15, 0.2) is 12.1 Å². The van der Waals surface area contributed by atoms with Gasteiger partial charge >= 0.3 is 12.2 Å². The highest BCUT2D eigenvalue weighted by Gasteiger charge is 2.42. The number of carbonyl (C=O) groups excluding carboxylic acids is 1. The first-order valence-corrected chi connectivity index (χ1v) is 14.8. The molecule has 2 aromatic heterocycles. The van der Waals surface area contributed by atoms with Crippen LogP contribution >= 0.6 is 11.6 Å². The van der Waals surface area contributed by atoms with Crippen LogP contribution in [-0.2, 0) is 37.0 Å². The normalized spacial score (nSPS) is 19.1. The monoisotopic (exact) mass is 653 g/mol. The fourth-order valence-electron chi connectivity index (χ4n) is 5.98. The van der Waals surface area contributed by atoms with Gasteiger partial charge in [-0.3, -0.25) is 9.48 Å². The van der Waals surface area contributed by atoms with Gasteiger partial charge in [-0.25, -0.2) is 4.39 Å². The van der Waals surface area contributed by atoms with Crippen LogP contribution in [0.2, 0.25) is 5.02 Å². The molecular weight excluding hydrogens is 622 g/mol. The smallest absolute Gasteiger partial charge is 0.416 e. The van der Waals surface area contributed by atoms with Crippen molar-refractivity contribution in [2.75, 3.05) is 37.4 Å². The lowest BCUT2D eigenvalue weighted by Crippen LogP contribution is -2.57. The van der Waals surface area contributed by atoms with Crippen molar-refractivity contribution in [3.05, 3.63) is 56.7 Å². The maximum absolute atomic E-state index is 15.1. The van der Waals surface area contributed by atoms with Gasteiger partial charge in [-0.1, -0.05) is 11.6 Å². The van der Waals surface area contributed by atoms with Crippen molar-refractivity contribution in [2.24, 2.45) is 5.92 Å². The number of nitrogens with zero attached hydrogens (tertiary/aromatic N) is 6. The number of rotatable bonds is 5. The number of aromatic nitrogens is 4. The molecule has 1 atom stereocenters. The number of nitrogens with two attached hydrogens (primary N) is 1. The van der Waals surface area contributed by atoms with Crippen LogP contribution in [0.25, 0.3) is 0 Å². The molecule has 1 aromatic carbocycles. The van der Waals surface area contributed by atoms with E-state index in [4.69, 9.17) is 26.8 Å². The predicted octanol–water partition coefficient (Wildman–Crippen LogP) is 4.14. The van der Waals surface area contributed by atoms with Crippen LogP contribution in [0.3, 0.4) is 0 Å². The second-order valence-electron chi connectivity index (χ2n) is 12.1. The zero-order valence-electron chi connectivity index (χ0n) is 24.8. The first kappa shape index (κ1) is 31.3. The molecule has 11 nitrogen and oxygen atoms in total. The Labute approximate surface area is 260 Å². The number of ether oxygens (including phenoxy) is 2. The van der Waals surface area contributed by atoms with Crippen LogP contribution < -0.4 is 15.4 Å². The maximum atomic E-state index is 15.1. The Bertz CT molecular complexity index is 1650. The molecule has 3 aromatic rings. The Morgan fingerprint density at radius 1 is 1.20 bits per heavy atom. The van der Waals surface area contributed by atoms with Crippen LogP contribution in [0.4, 0.5) is 29.1 Å². The second-order valence-corrected chi connectivity index (χ2v) is 12.4. The van der Waals surface area contributed by atoms with Gasteiger partial charge in [-0.2, -0.15) is 28.2 Å². The van der Waals surface area contributed by atoms with E-state index >= 15 is 4.39 Å². The van der Waals surface area contributed by atoms with E-state index in [2.05, 4.69) is 15.1 Å². The van der Waals surface area contributed by atoms with Gasteiger partial charge in [0.25, 0.3) is 5.91 Å². The number of aliphatic hydroxyl groups is 1. The molecule has 6 rings (SSSR count). The zero-order chi connectivity index (χ0) is 32.4. The van der Waals surface area contributed by atoms with Gasteiger partial charge in [0.2, 0.25) is 0 Å². The Morgan fingerprint density at radius 2 is 1.93 bits per heavy atom. The first-order chi connectivity index (χ1) is 21.2. The molecule has 0 spiro atoms. The van der Waals surface area contributed by atoms with Crippen LogP contribution in [0.5, 0.6) is 6.01 Å². The molecule has 0 bridgehead atoms. The summed E-state index contributed by atoms with van der Waals surface area (Å²) in [6, 6.07) is 1.61. The predicted molar refractivity (Wildman–Crippen MR) is 154 cm³/mol.